The lowest BCUT2D eigenvalue weighted by atomic mass is 10.1. The van der Waals surface area contributed by atoms with Crippen LogP contribution in [0, 0.1) is 6.92 Å². The van der Waals surface area contributed by atoms with Crippen LogP contribution in [0.3, 0.4) is 0 Å². The van der Waals surface area contributed by atoms with Gasteiger partial charge in [-0.1, -0.05) is 12.1 Å². The van der Waals surface area contributed by atoms with Crippen molar-refractivity contribution in [1.29, 1.82) is 0 Å². The first-order valence-electron chi connectivity index (χ1n) is 4.45. The van der Waals surface area contributed by atoms with Crippen molar-refractivity contribution in [3.05, 3.63) is 40.2 Å². The molecule has 2 aromatic rings. The fourth-order valence-corrected chi connectivity index (χ4v) is 1.59. The zero-order valence-corrected chi connectivity index (χ0v) is 8.24. The lowest BCUT2D eigenvalue weighted by molar-refractivity contribution is 0.906. The SMILES string of the molecule is Cc1ccc2c(N)cc(=O)n(C)c2c1. The summed E-state index contributed by atoms with van der Waals surface area (Å²) in [6, 6.07) is 7.35. The number of benzene rings is 1. The summed E-state index contributed by atoms with van der Waals surface area (Å²) in [4.78, 5) is 11.4. The molecule has 0 radical (unpaired) electrons. The Kier molecular flexibility index (Phi) is 1.81. The van der Waals surface area contributed by atoms with E-state index in [0.717, 1.165) is 16.5 Å². The van der Waals surface area contributed by atoms with Crippen LogP contribution in [0.1, 0.15) is 5.56 Å². The molecule has 14 heavy (non-hydrogen) atoms. The van der Waals surface area contributed by atoms with E-state index in [0.29, 0.717) is 5.69 Å². The molecule has 3 heteroatoms. The number of hydrogen-bond donors (Lipinski definition) is 1. The largest absolute Gasteiger partial charge is 0.398 e. The van der Waals surface area contributed by atoms with Crippen LogP contribution in [0.2, 0.25) is 0 Å². The molecule has 0 bridgehead atoms. The molecule has 0 fully saturated rings. The van der Waals surface area contributed by atoms with Gasteiger partial charge >= 0.3 is 0 Å². The zero-order valence-electron chi connectivity index (χ0n) is 8.24. The van der Waals surface area contributed by atoms with Gasteiger partial charge in [0.25, 0.3) is 5.56 Å². The van der Waals surface area contributed by atoms with Crippen molar-refractivity contribution in [3.8, 4) is 0 Å². The van der Waals surface area contributed by atoms with Crippen molar-refractivity contribution in [2.75, 3.05) is 5.73 Å². The fourth-order valence-electron chi connectivity index (χ4n) is 1.59. The van der Waals surface area contributed by atoms with Crippen LogP contribution in [-0.4, -0.2) is 4.57 Å². The Labute approximate surface area is 81.8 Å². The predicted octanol–water partition coefficient (Wildman–Crippen LogP) is 1.43. The highest BCUT2D eigenvalue weighted by Crippen LogP contribution is 2.19. The molecular formula is C11H12N2O. The van der Waals surface area contributed by atoms with E-state index in [1.807, 2.05) is 25.1 Å². The van der Waals surface area contributed by atoms with E-state index in [2.05, 4.69) is 0 Å². The molecule has 3 nitrogen and oxygen atoms in total. The number of aryl methyl sites for hydroxylation is 2. The normalized spacial score (nSPS) is 10.7. The maximum Gasteiger partial charge on any atom is 0.252 e. The first-order chi connectivity index (χ1) is 6.59. The van der Waals surface area contributed by atoms with Gasteiger partial charge in [0, 0.05) is 24.2 Å². The molecule has 0 spiro atoms. The number of nitrogen functional groups attached to an aromatic ring is 1. The van der Waals surface area contributed by atoms with Gasteiger partial charge < -0.3 is 10.3 Å². The van der Waals surface area contributed by atoms with Crippen LogP contribution in [0.4, 0.5) is 5.69 Å². The third kappa shape index (κ3) is 1.18. The van der Waals surface area contributed by atoms with Crippen LogP contribution in [0.25, 0.3) is 10.9 Å². The van der Waals surface area contributed by atoms with Crippen LogP contribution in [0.5, 0.6) is 0 Å². The third-order valence-corrected chi connectivity index (χ3v) is 2.44. The van der Waals surface area contributed by atoms with Crippen LogP contribution < -0.4 is 11.3 Å². The summed E-state index contributed by atoms with van der Waals surface area (Å²) in [6.07, 6.45) is 0. The predicted molar refractivity (Wildman–Crippen MR) is 58.3 cm³/mol. The number of rotatable bonds is 0. The Morgan fingerprint density at radius 1 is 1.29 bits per heavy atom. The first kappa shape index (κ1) is 8.81. The molecular weight excluding hydrogens is 176 g/mol. The smallest absolute Gasteiger partial charge is 0.252 e. The Bertz CT molecular complexity index is 555. The third-order valence-electron chi connectivity index (χ3n) is 2.44. The van der Waals surface area contributed by atoms with Crippen molar-refractivity contribution in [1.82, 2.24) is 4.57 Å². The number of anilines is 1. The number of pyridine rings is 1. The van der Waals surface area contributed by atoms with Crippen molar-refractivity contribution >= 4 is 16.6 Å². The zero-order chi connectivity index (χ0) is 10.3. The van der Waals surface area contributed by atoms with Gasteiger partial charge in [0.15, 0.2) is 0 Å². The topological polar surface area (TPSA) is 48.0 Å². The minimum atomic E-state index is -0.0689. The van der Waals surface area contributed by atoms with Gasteiger partial charge in [-0.3, -0.25) is 4.79 Å². The quantitative estimate of drug-likeness (QED) is 0.679. The summed E-state index contributed by atoms with van der Waals surface area (Å²) in [5.74, 6) is 0. The molecule has 1 aromatic carbocycles. The molecule has 0 saturated carbocycles. The number of hydrogen-bond acceptors (Lipinski definition) is 2. The fraction of sp³-hybridized carbons (Fsp3) is 0.182. The Morgan fingerprint density at radius 2 is 2.00 bits per heavy atom. The van der Waals surface area contributed by atoms with E-state index < -0.39 is 0 Å². The van der Waals surface area contributed by atoms with Gasteiger partial charge in [-0.05, 0) is 18.6 Å². The number of nitrogens with two attached hydrogens (primary N) is 1. The van der Waals surface area contributed by atoms with Gasteiger partial charge in [-0.2, -0.15) is 0 Å². The van der Waals surface area contributed by atoms with E-state index in [9.17, 15) is 4.79 Å². The van der Waals surface area contributed by atoms with Crippen LogP contribution in [-0.2, 0) is 7.05 Å². The molecule has 0 amide bonds. The molecule has 0 saturated heterocycles. The summed E-state index contributed by atoms with van der Waals surface area (Å²) in [7, 11) is 1.75. The van der Waals surface area contributed by atoms with Crippen molar-refractivity contribution in [2.45, 2.75) is 6.92 Å². The van der Waals surface area contributed by atoms with Crippen LogP contribution in [0.15, 0.2) is 29.1 Å². The van der Waals surface area contributed by atoms with E-state index in [-0.39, 0.29) is 5.56 Å². The van der Waals surface area contributed by atoms with Gasteiger partial charge in [0.1, 0.15) is 0 Å². The second kappa shape index (κ2) is 2.87. The molecule has 2 rings (SSSR count). The molecule has 0 aliphatic heterocycles. The minimum absolute atomic E-state index is 0.0689. The molecule has 0 unspecified atom stereocenters. The molecule has 1 heterocycles. The van der Waals surface area contributed by atoms with E-state index in [1.165, 1.54) is 6.07 Å². The average Bonchev–Trinajstić information content (AvgIpc) is 2.14. The maximum atomic E-state index is 11.4. The van der Waals surface area contributed by atoms with Gasteiger partial charge in [-0.25, -0.2) is 0 Å². The summed E-state index contributed by atoms with van der Waals surface area (Å²) < 4.78 is 1.61. The number of fused-ring (bicyclic) bond motifs is 1. The highest BCUT2D eigenvalue weighted by molar-refractivity contribution is 5.90. The molecule has 72 valence electrons. The summed E-state index contributed by atoms with van der Waals surface area (Å²) in [6.45, 7) is 1.99. The summed E-state index contributed by atoms with van der Waals surface area (Å²) in [5.41, 5.74) is 8.25. The highest BCUT2D eigenvalue weighted by Gasteiger charge is 2.03. The lowest BCUT2D eigenvalue weighted by Crippen LogP contribution is -2.16. The maximum absolute atomic E-state index is 11.4. The van der Waals surface area contributed by atoms with Gasteiger partial charge in [0.05, 0.1) is 5.52 Å². The van der Waals surface area contributed by atoms with Gasteiger partial charge in [-0.15, -0.1) is 0 Å². The van der Waals surface area contributed by atoms with Crippen molar-refractivity contribution in [3.63, 3.8) is 0 Å². The number of nitrogens with zero attached hydrogens (tertiary/aromatic N) is 1. The Hall–Kier alpha value is -1.77. The standard InChI is InChI=1S/C11H12N2O/c1-7-3-4-8-9(12)6-11(14)13(2)10(8)5-7/h3-6H,12H2,1-2H3. The first-order valence-corrected chi connectivity index (χ1v) is 4.45. The Morgan fingerprint density at radius 3 is 2.71 bits per heavy atom. The molecule has 0 aliphatic rings. The molecule has 1 aromatic heterocycles. The molecule has 0 aliphatic carbocycles. The lowest BCUT2D eigenvalue weighted by Gasteiger charge is -2.07. The van der Waals surface area contributed by atoms with E-state index >= 15 is 0 Å². The van der Waals surface area contributed by atoms with Crippen molar-refractivity contribution < 1.29 is 0 Å². The van der Waals surface area contributed by atoms with E-state index in [1.54, 1.807) is 11.6 Å². The van der Waals surface area contributed by atoms with Gasteiger partial charge in [0.2, 0.25) is 0 Å². The number of aromatic nitrogens is 1. The minimum Gasteiger partial charge on any atom is -0.398 e. The molecule has 0 atom stereocenters. The monoisotopic (exact) mass is 188 g/mol. The summed E-state index contributed by atoms with van der Waals surface area (Å²) >= 11 is 0. The summed E-state index contributed by atoms with van der Waals surface area (Å²) in [5, 5.41) is 0.928. The highest BCUT2D eigenvalue weighted by atomic mass is 16.1. The second-order valence-electron chi connectivity index (χ2n) is 3.52. The van der Waals surface area contributed by atoms with Crippen LogP contribution >= 0.6 is 0 Å². The second-order valence-corrected chi connectivity index (χ2v) is 3.52. The molecule has 2 N–H and O–H groups in total. The average molecular weight is 188 g/mol. The Balaban J connectivity index is 3.03. The van der Waals surface area contributed by atoms with E-state index in [4.69, 9.17) is 5.73 Å². The van der Waals surface area contributed by atoms with Crippen molar-refractivity contribution in [2.24, 2.45) is 7.05 Å².